The molecule has 0 aliphatic carbocycles. The maximum absolute atomic E-state index is 5.44. The van der Waals surface area contributed by atoms with Crippen molar-refractivity contribution in [1.29, 1.82) is 0 Å². The van der Waals surface area contributed by atoms with Crippen molar-refractivity contribution in [3.8, 4) is 11.4 Å². The van der Waals surface area contributed by atoms with Gasteiger partial charge < -0.3 is 9.84 Å². The predicted molar refractivity (Wildman–Crippen MR) is 74.0 cm³/mol. The molecule has 7 heteroatoms. The quantitative estimate of drug-likeness (QED) is 0.909. The van der Waals surface area contributed by atoms with E-state index in [2.05, 4.69) is 27.5 Å². The van der Waals surface area contributed by atoms with Gasteiger partial charge in [0.2, 0.25) is 11.7 Å². The Hall–Kier alpha value is -1.34. The highest BCUT2D eigenvalue weighted by Gasteiger charge is 2.33. The minimum absolute atomic E-state index is 0.308. The second-order valence-corrected chi connectivity index (χ2v) is 5.74. The van der Waals surface area contributed by atoms with Gasteiger partial charge in [0, 0.05) is 30.8 Å². The largest absolute Gasteiger partial charge is 0.339 e. The number of aryl methyl sites for hydroxylation is 1. The van der Waals surface area contributed by atoms with Crippen molar-refractivity contribution in [1.82, 2.24) is 25.2 Å². The number of rotatable bonds is 4. The van der Waals surface area contributed by atoms with Crippen LogP contribution in [-0.2, 0) is 7.05 Å². The molecule has 0 aromatic carbocycles. The second-order valence-electron chi connectivity index (χ2n) is 4.67. The van der Waals surface area contributed by atoms with E-state index in [9.17, 15) is 0 Å². The molecule has 0 bridgehead atoms. The van der Waals surface area contributed by atoms with Gasteiger partial charge in [-0.15, -0.1) is 0 Å². The third kappa shape index (κ3) is 2.52. The Morgan fingerprint density at radius 3 is 3.16 bits per heavy atom. The summed E-state index contributed by atoms with van der Waals surface area (Å²) in [7, 11) is 1.87. The fraction of sp³-hybridized carbons (Fsp3) is 0.583. The van der Waals surface area contributed by atoms with E-state index < -0.39 is 0 Å². The van der Waals surface area contributed by atoms with Gasteiger partial charge in [-0.2, -0.15) is 21.8 Å². The van der Waals surface area contributed by atoms with Gasteiger partial charge in [0.15, 0.2) is 0 Å². The smallest absolute Gasteiger partial charge is 0.232 e. The first-order valence-electron chi connectivity index (χ1n) is 6.41. The third-order valence-corrected chi connectivity index (χ3v) is 4.46. The molecular weight excluding hydrogens is 262 g/mol. The van der Waals surface area contributed by atoms with Crippen molar-refractivity contribution in [2.45, 2.75) is 18.9 Å². The molecule has 1 saturated heterocycles. The summed E-state index contributed by atoms with van der Waals surface area (Å²) in [5.41, 5.74) is 0.892. The number of thioether (sulfide) groups is 1. The molecule has 102 valence electrons. The minimum Gasteiger partial charge on any atom is -0.339 e. The highest BCUT2D eigenvalue weighted by Crippen LogP contribution is 2.32. The highest BCUT2D eigenvalue weighted by molar-refractivity contribution is 7.99. The molecule has 3 rings (SSSR count). The Morgan fingerprint density at radius 1 is 1.53 bits per heavy atom. The summed E-state index contributed by atoms with van der Waals surface area (Å²) in [5.74, 6) is 3.79. The average molecular weight is 279 g/mol. The molecule has 1 aliphatic rings. The number of aromatic nitrogens is 4. The van der Waals surface area contributed by atoms with Gasteiger partial charge in [0.1, 0.15) is 0 Å². The molecule has 0 radical (unpaired) electrons. The van der Waals surface area contributed by atoms with Crippen LogP contribution in [0.4, 0.5) is 0 Å². The normalized spacial score (nSPS) is 23.1. The fourth-order valence-corrected chi connectivity index (χ4v) is 3.67. The predicted octanol–water partition coefficient (Wildman–Crippen LogP) is 1.28. The average Bonchev–Trinajstić information content (AvgIpc) is 3.07. The van der Waals surface area contributed by atoms with Gasteiger partial charge in [-0.25, -0.2) is 0 Å². The van der Waals surface area contributed by atoms with Crippen LogP contribution in [0.2, 0.25) is 0 Å². The molecule has 2 aromatic heterocycles. The Bertz CT molecular complexity index is 552. The highest BCUT2D eigenvalue weighted by atomic mass is 32.2. The van der Waals surface area contributed by atoms with Crippen LogP contribution >= 0.6 is 11.8 Å². The number of hydrogen-bond acceptors (Lipinski definition) is 6. The van der Waals surface area contributed by atoms with Crippen molar-refractivity contribution in [3.63, 3.8) is 0 Å². The first-order valence-corrected chi connectivity index (χ1v) is 7.57. The molecule has 19 heavy (non-hydrogen) atoms. The summed E-state index contributed by atoms with van der Waals surface area (Å²) < 4.78 is 7.17. The first-order chi connectivity index (χ1) is 9.28. The standard InChI is InChI=1S/C12H17N5OS/c1-3-13-10-7-19-6-9(10)12-15-11(16-18-12)8-4-14-17(2)5-8/h4-5,9-10,13H,3,6-7H2,1-2H3. The zero-order chi connectivity index (χ0) is 13.2. The van der Waals surface area contributed by atoms with Gasteiger partial charge in [-0.1, -0.05) is 12.1 Å². The Labute approximate surface area is 116 Å². The van der Waals surface area contributed by atoms with Crippen molar-refractivity contribution in [2.24, 2.45) is 7.05 Å². The Kier molecular flexibility index (Phi) is 3.56. The zero-order valence-electron chi connectivity index (χ0n) is 11.0. The molecule has 0 amide bonds. The van der Waals surface area contributed by atoms with E-state index in [0.29, 0.717) is 17.8 Å². The molecule has 2 aromatic rings. The lowest BCUT2D eigenvalue weighted by molar-refractivity contribution is 0.340. The van der Waals surface area contributed by atoms with E-state index in [1.807, 2.05) is 25.0 Å². The number of hydrogen-bond donors (Lipinski definition) is 1. The first kappa shape index (κ1) is 12.7. The van der Waals surface area contributed by atoms with Crippen LogP contribution in [-0.4, -0.2) is 44.0 Å². The molecule has 1 N–H and O–H groups in total. The zero-order valence-corrected chi connectivity index (χ0v) is 11.9. The molecule has 2 atom stereocenters. The lowest BCUT2D eigenvalue weighted by Crippen LogP contribution is -2.34. The second kappa shape index (κ2) is 5.34. The van der Waals surface area contributed by atoms with Crippen molar-refractivity contribution < 1.29 is 4.52 Å². The summed E-state index contributed by atoms with van der Waals surface area (Å²) in [6.45, 7) is 3.08. The fourth-order valence-electron chi connectivity index (χ4n) is 2.30. The molecule has 0 spiro atoms. The van der Waals surface area contributed by atoms with E-state index in [4.69, 9.17) is 4.52 Å². The topological polar surface area (TPSA) is 68.8 Å². The van der Waals surface area contributed by atoms with E-state index in [1.165, 1.54) is 0 Å². The summed E-state index contributed by atoms with van der Waals surface area (Å²) in [6.07, 6.45) is 3.64. The maximum Gasteiger partial charge on any atom is 0.232 e. The molecule has 1 fully saturated rings. The number of nitrogens with one attached hydrogen (secondary N) is 1. The molecule has 6 nitrogen and oxygen atoms in total. The van der Waals surface area contributed by atoms with Crippen molar-refractivity contribution in [3.05, 3.63) is 18.3 Å². The lowest BCUT2D eigenvalue weighted by atomic mass is 10.0. The Balaban J connectivity index is 1.81. The number of nitrogens with zero attached hydrogens (tertiary/aromatic N) is 4. The van der Waals surface area contributed by atoms with Gasteiger partial charge in [-0.05, 0) is 6.54 Å². The summed E-state index contributed by atoms with van der Waals surface area (Å²) in [4.78, 5) is 4.52. The number of likely N-dealkylation sites (N-methyl/N-ethyl adjacent to an activating group) is 1. The van der Waals surface area contributed by atoms with Gasteiger partial charge >= 0.3 is 0 Å². The van der Waals surface area contributed by atoms with E-state index in [-0.39, 0.29) is 0 Å². The van der Waals surface area contributed by atoms with E-state index in [0.717, 1.165) is 29.5 Å². The molecule has 0 saturated carbocycles. The van der Waals surface area contributed by atoms with Crippen molar-refractivity contribution >= 4 is 11.8 Å². The summed E-state index contributed by atoms with van der Waals surface area (Å²) in [5, 5.41) is 11.7. The lowest BCUT2D eigenvalue weighted by Gasteiger charge is -2.15. The van der Waals surface area contributed by atoms with Gasteiger partial charge in [0.25, 0.3) is 0 Å². The van der Waals surface area contributed by atoms with Gasteiger partial charge in [-0.3, -0.25) is 4.68 Å². The van der Waals surface area contributed by atoms with Crippen LogP contribution in [0, 0.1) is 0 Å². The maximum atomic E-state index is 5.44. The van der Waals surface area contributed by atoms with Crippen LogP contribution in [0.3, 0.4) is 0 Å². The van der Waals surface area contributed by atoms with Crippen LogP contribution < -0.4 is 5.32 Å². The third-order valence-electron chi connectivity index (χ3n) is 3.27. The van der Waals surface area contributed by atoms with E-state index >= 15 is 0 Å². The minimum atomic E-state index is 0.308. The summed E-state index contributed by atoms with van der Waals surface area (Å²) in [6, 6.07) is 0.428. The monoisotopic (exact) mass is 279 g/mol. The molecule has 3 heterocycles. The van der Waals surface area contributed by atoms with Crippen LogP contribution in [0.15, 0.2) is 16.9 Å². The van der Waals surface area contributed by atoms with Crippen LogP contribution in [0.1, 0.15) is 18.7 Å². The van der Waals surface area contributed by atoms with Crippen LogP contribution in [0.5, 0.6) is 0 Å². The van der Waals surface area contributed by atoms with Crippen LogP contribution in [0.25, 0.3) is 11.4 Å². The van der Waals surface area contributed by atoms with Crippen molar-refractivity contribution in [2.75, 3.05) is 18.1 Å². The Morgan fingerprint density at radius 2 is 2.42 bits per heavy atom. The molecule has 2 unspecified atom stereocenters. The SMILES string of the molecule is CCNC1CSCC1c1nc(-c2cnn(C)c2)no1. The molecule has 1 aliphatic heterocycles. The van der Waals surface area contributed by atoms with Gasteiger partial charge in [0.05, 0.1) is 17.7 Å². The molecular formula is C12H17N5OS. The van der Waals surface area contributed by atoms with E-state index in [1.54, 1.807) is 10.9 Å². The summed E-state index contributed by atoms with van der Waals surface area (Å²) >= 11 is 1.93.